The van der Waals surface area contributed by atoms with Crippen molar-refractivity contribution in [2.45, 2.75) is 13.8 Å². The molecule has 2 heterocycles. The van der Waals surface area contributed by atoms with Crippen molar-refractivity contribution in [3.8, 4) is 5.75 Å². The lowest BCUT2D eigenvalue weighted by Crippen LogP contribution is -2.54. The second kappa shape index (κ2) is 7.83. The van der Waals surface area contributed by atoms with Crippen LogP contribution >= 0.6 is 0 Å². The van der Waals surface area contributed by atoms with Crippen LogP contribution in [0.15, 0.2) is 18.2 Å². The quantitative estimate of drug-likeness (QED) is 0.775. The van der Waals surface area contributed by atoms with Gasteiger partial charge in [-0.1, -0.05) is 13.8 Å². The summed E-state index contributed by atoms with van der Waals surface area (Å²) in [5, 5.41) is 2.68. The van der Waals surface area contributed by atoms with Crippen molar-refractivity contribution in [2.24, 2.45) is 0 Å². The van der Waals surface area contributed by atoms with Gasteiger partial charge in [0.05, 0.1) is 5.69 Å². The highest BCUT2D eigenvalue weighted by Gasteiger charge is 2.32. The predicted molar refractivity (Wildman–Crippen MR) is 99.9 cm³/mol. The lowest BCUT2D eigenvalue weighted by molar-refractivity contribution is -0.118. The molecule has 0 radical (unpaired) electrons. The molecule has 0 saturated carbocycles. The standard InChI is InChI=1S/C17H24N4O5S/c1-3-20(4-2)27(24,25)21-9-7-19(8-10-21)17(23)13-5-6-14-15(11-13)26-12-16(22)18-14/h5-6,11H,3-4,7-10,12H2,1-2H3,(H,18,22). The first kappa shape index (κ1) is 19.6. The molecule has 9 nitrogen and oxygen atoms in total. The van der Waals surface area contributed by atoms with Crippen molar-refractivity contribution in [3.05, 3.63) is 23.8 Å². The molecule has 0 unspecified atom stereocenters. The molecule has 1 saturated heterocycles. The normalized spacial score (nSPS) is 18.0. The second-order valence-corrected chi connectivity index (χ2v) is 8.26. The van der Waals surface area contributed by atoms with E-state index in [0.717, 1.165) is 0 Å². The smallest absolute Gasteiger partial charge is 0.282 e. The number of rotatable bonds is 5. The van der Waals surface area contributed by atoms with Crippen LogP contribution < -0.4 is 10.1 Å². The number of fused-ring (bicyclic) bond motifs is 1. The Morgan fingerprint density at radius 1 is 1.19 bits per heavy atom. The molecule has 1 fully saturated rings. The summed E-state index contributed by atoms with van der Waals surface area (Å²) in [7, 11) is -3.49. The molecule has 0 atom stereocenters. The van der Waals surface area contributed by atoms with E-state index in [1.54, 1.807) is 36.9 Å². The molecule has 1 aromatic carbocycles. The topological polar surface area (TPSA) is 99.3 Å². The molecule has 0 aliphatic carbocycles. The third-order valence-electron chi connectivity index (χ3n) is 4.75. The number of carbonyl (C=O) groups is 2. The number of anilines is 1. The number of carbonyl (C=O) groups excluding carboxylic acids is 2. The van der Waals surface area contributed by atoms with Crippen molar-refractivity contribution >= 4 is 27.7 Å². The molecule has 148 valence electrons. The minimum atomic E-state index is -3.49. The Balaban J connectivity index is 1.66. The minimum Gasteiger partial charge on any atom is -0.482 e. The lowest BCUT2D eigenvalue weighted by Gasteiger charge is -2.36. The maximum atomic E-state index is 12.8. The summed E-state index contributed by atoms with van der Waals surface area (Å²) in [6.45, 7) is 5.56. The molecule has 27 heavy (non-hydrogen) atoms. The fourth-order valence-electron chi connectivity index (χ4n) is 3.23. The minimum absolute atomic E-state index is 0.0769. The zero-order chi connectivity index (χ0) is 19.6. The fourth-order valence-corrected chi connectivity index (χ4v) is 4.83. The van der Waals surface area contributed by atoms with Crippen molar-refractivity contribution < 1.29 is 22.7 Å². The maximum absolute atomic E-state index is 12.8. The summed E-state index contributed by atoms with van der Waals surface area (Å²) < 4.78 is 33.4. The zero-order valence-electron chi connectivity index (χ0n) is 15.5. The highest BCUT2D eigenvalue weighted by molar-refractivity contribution is 7.86. The average Bonchev–Trinajstić information content (AvgIpc) is 2.68. The number of hydrogen-bond donors (Lipinski definition) is 1. The van der Waals surface area contributed by atoms with Crippen LogP contribution in [0.5, 0.6) is 5.75 Å². The Labute approximate surface area is 159 Å². The molecule has 0 aromatic heterocycles. The van der Waals surface area contributed by atoms with Crippen molar-refractivity contribution in [2.75, 3.05) is 51.2 Å². The van der Waals surface area contributed by atoms with Gasteiger partial charge in [-0.2, -0.15) is 17.0 Å². The summed E-state index contributed by atoms with van der Waals surface area (Å²) in [5.41, 5.74) is 0.989. The van der Waals surface area contributed by atoms with Gasteiger partial charge in [0.1, 0.15) is 5.75 Å². The van der Waals surface area contributed by atoms with Crippen LogP contribution in [0.1, 0.15) is 24.2 Å². The SMILES string of the molecule is CCN(CC)S(=O)(=O)N1CCN(C(=O)c2ccc3c(c2)OCC(=O)N3)CC1. The largest absolute Gasteiger partial charge is 0.482 e. The van der Waals surface area contributed by atoms with Gasteiger partial charge < -0.3 is 15.0 Å². The van der Waals surface area contributed by atoms with Crippen LogP contribution in [-0.4, -0.2) is 79.6 Å². The van der Waals surface area contributed by atoms with E-state index in [0.29, 0.717) is 43.2 Å². The second-order valence-electron chi connectivity index (χ2n) is 6.33. The van der Waals surface area contributed by atoms with Gasteiger partial charge in [0.2, 0.25) is 0 Å². The van der Waals surface area contributed by atoms with E-state index in [2.05, 4.69) is 5.32 Å². The molecule has 2 aliphatic rings. The first-order chi connectivity index (χ1) is 12.9. The van der Waals surface area contributed by atoms with Gasteiger partial charge in [-0.25, -0.2) is 0 Å². The third kappa shape index (κ3) is 3.92. The van der Waals surface area contributed by atoms with Crippen LogP contribution in [-0.2, 0) is 15.0 Å². The summed E-state index contributed by atoms with van der Waals surface area (Å²) in [6.07, 6.45) is 0. The van der Waals surface area contributed by atoms with Crippen LogP contribution in [0.25, 0.3) is 0 Å². The Kier molecular flexibility index (Phi) is 5.68. The molecule has 3 rings (SSSR count). The number of nitrogens with zero attached hydrogens (tertiary/aromatic N) is 3. The monoisotopic (exact) mass is 396 g/mol. The molecular weight excluding hydrogens is 372 g/mol. The highest BCUT2D eigenvalue weighted by Crippen LogP contribution is 2.29. The van der Waals surface area contributed by atoms with E-state index in [1.807, 2.05) is 0 Å². The number of nitrogens with one attached hydrogen (secondary N) is 1. The molecule has 1 N–H and O–H groups in total. The zero-order valence-corrected chi connectivity index (χ0v) is 16.3. The highest BCUT2D eigenvalue weighted by atomic mass is 32.2. The van der Waals surface area contributed by atoms with Crippen molar-refractivity contribution in [1.82, 2.24) is 13.5 Å². The van der Waals surface area contributed by atoms with Gasteiger partial charge in [-0.05, 0) is 18.2 Å². The van der Waals surface area contributed by atoms with E-state index in [9.17, 15) is 18.0 Å². The van der Waals surface area contributed by atoms with Crippen LogP contribution in [0.3, 0.4) is 0 Å². The Morgan fingerprint density at radius 2 is 1.85 bits per heavy atom. The van der Waals surface area contributed by atoms with Crippen LogP contribution in [0, 0.1) is 0 Å². The summed E-state index contributed by atoms with van der Waals surface area (Å²) >= 11 is 0. The van der Waals surface area contributed by atoms with E-state index in [1.165, 1.54) is 8.61 Å². The maximum Gasteiger partial charge on any atom is 0.282 e. The Hall–Kier alpha value is -2.17. The van der Waals surface area contributed by atoms with E-state index in [-0.39, 0.29) is 31.5 Å². The fraction of sp³-hybridized carbons (Fsp3) is 0.529. The Morgan fingerprint density at radius 3 is 2.48 bits per heavy atom. The van der Waals surface area contributed by atoms with Crippen LogP contribution in [0.2, 0.25) is 0 Å². The van der Waals surface area contributed by atoms with E-state index in [4.69, 9.17) is 4.74 Å². The van der Waals surface area contributed by atoms with Gasteiger partial charge in [0, 0.05) is 44.8 Å². The first-order valence-corrected chi connectivity index (χ1v) is 10.4. The van der Waals surface area contributed by atoms with Crippen molar-refractivity contribution in [3.63, 3.8) is 0 Å². The van der Waals surface area contributed by atoms with Gasteiger partial charge in [-0.15, -0.1) is 0 Å². The van der Waals surface area contributed by atoms with Crippen molar-refractivity contribution in [1.29, 1.82) is 0 Å². The number of benzene rings is 1. The van der Waals surface area contributed by atoms with Gasteiger partial charge in [0.25, 0.3) is 22.0 Å². The lowest BCUT2D eigenvalue weighted by atomic mass is 10.1. The van der Waals surface area contributed by atoms with Gasteiger partial charge >= 0.3 is 0 Å². The predicted octanol–water partition coefficient (Wildman–Crippen LogP) is 0.362. The molecular formula is C17H24N4O5S. The van der Waals surface area contributed by atoms with E-state index >= 15 is 0 Å². The summed E-state index contributed by atoms with van der Waals surface area (Å²) in [5.74, 6) is 0.0495. The molecule has 0 bridgehead atoms. The third-order valence-corrected chi connectivity index (χ3v) is 6.93. The molecule has 2 amide bonds. The molecule has 1 aromatic rings. The Bertz CT molecular complexity index is 830. The molecule has 0 spiro atoms. The number of ether oxygens (including phenoxy) is 1. The summed E-state index contributed by atoms with van der Waals surface area (Å²) in [4.78, 5) is 25.7. The molecule has 2 aliphatic heterocycles. The number of hydrogen-bond acceptors (Lipinski definition) is 5. The van der Waals surface area contributed by atoms with Crippen LogP contribution in [0.4, 0.5) is 5.69 Å². The van der Waals surface area contributed by atoms with E-state index < -0.39 is 10.2 Å². The van der Waals surface area contributed by atoms with Gasteiger partial charge in [-0.3, -0.25) is 9.59 Å². The first-order valence-electron chi connectivity index (χ1n) is 8.98. The number of amides is 2. The summed E-state index contributed by atoms with van der Waals surface area (Å²) in [6, 6.07) is 4.88. The average molecular weight is 396 g/mol. The number of piperazine rings is 1. The van der Waals surface area contributed by atoms with Gasteiger partial charge in [0.15, 0.2) is 6.61 Å². The molecule has 10 heteroatoms.